The van der Waals surface area contributed by atoms with Gasteiger partial charge in [-0.1, -0.05) is 6.92 Å². The van der Waals surface area contributed by atoms with Crippen LogP contribution in [0.15, 0.2) is 21.3 Å². The Hall–Kier alpha value is -2.08. The zero-order valence-electron chi connectivity index (χ0n) is 14.7. The van der Waals surface area contributed by atoms with Crippen molar-refractivity contribution >= 4 is 27.5 Å². The summed E-state index contributed by atoms with van der Waals surface area (Å²) < 4.78 is 7.41. The quantitative estimate of drug-likeness (QED) is 0.741. The fourth-order valence-corrected chi connectivity index (χ4v) is 4.80. The number of aryl methyl sites for hydroxylation is 3. The molecule has 0 bridgehead atoms. The summed E-state index contributed by atoms with van der Waals surface area (Å²) in [6.45, 7) is 5.21. The molecule has 5 nitrogen and oxygen atoms in total. The molecule has 0 spiro atoms. The topological polar surface area (TPSA) is 60.1 Å². The number of nitrogens with zero attached hydrogens (tertiary/aromatic N) is 2. The summed E-state index contributed by atoms with van der Waals surface area (Å²) in [6.07, 6.45) is 5.37. The second-order valence-electron chi connectivity index (χ2n) is 6.65. The minimum Gasteiger partial charge on any atom is -0.465 e. The van der Waals surface area contributed by atoms with Crippen molar-refractivity contribution in [3.05, 3.63) is 44.4 Å². The Labute approximate surface area is 150 Å². The van der Waals surface area contributed by atoms with Gasteiger partial charge in [0.15, 0.2) is 0 Å². The Bertz CT molecular complexity index is 967. The molecule has 3 aromatic heterocycles. The maximum Gasteiger partial charge on any atom is 0.263 e. The smallest absolute Gasteiger partial charge is 0.263 e. The second-order valence-corrected chi connectivity index (χ2v) is 7.73. The number of hydrogen-bond donors (Lipinski definition) is 1. The first-order valence-corrected chi connectivity index (χ1v) is 9.83. The van der Waals surface area contributed by atoms with Crippen molar-refractivity contribution in [2.24, 2.45) is 0 Å². The van der Waals surface area contributed by atoms with Crippen molar-refractivity contribution in [3.63, 3.8) is 0 Å². The molecule has 4 rings (SSSR count). The first-order chi connectivity index (χ1) is 12.2. The molecule has 0 aromatic carbocycles. The SMILES string of the molecule is CCCn1c(NCc2ccc(C)o2)nc2sc3c(c2c1=O)CCCC3. The van der Waals surface area contributed by atoms with Crippen LogP contribution in [0.1, 0.15) is 48.1 Å². The summed E-state index contributed by atoms with van der Waals surface area (Å²) in [5.74, 6) is 2.38. The van der Waals surface area contributed by atoms with Gasteiger partial charge in [-0.05, 0) is 56.7 Å². The van der Waals surface area contributed by atoms with E-state index in [0.29, 0.717) is 19.0 Å². The molecular weight excluding hydrogens is 334 g/mol. The molecule has 1 N–H and O–H groups in total. The molecule has 132 valence electrons. The number of fused-ring (bicyclic) bond motifs is 3. The van der Waals surface area contributed by atoms with Gasteiger partial charge in [-0.15, -0.1) is 11.3 Å². The van der Waals surface area contributed by atoms with E-state index in [4.69, 9.17) is 9.40 Å². The number of anilines is 1. The van der Waals surface area contributed by atoms with Gasteiger partial charge in [0.1, 0.15) is 16.4 Å². The Kier molecular flexibility index (Phi) is 4.37. The van der Waals surface area contributed by atoms with Crippen molar-refractivity contribution in [1.29, 1.82) is 0 Å². The van der Waals surface area contributed by atoms with Crippen molar-refractivity contribution in [1.82, 2.24) is 9.55 Å². The third-order valence-corrected chi connectivity index (χ3v) is 5.92. The number of furan rings is 1. The maximum atomic E-state index is 13.2. The lowest BCUT2D eigenvalue weighted by molar-refractivity contribution is 0.489. The molecule has 0 saturated heterocycles. The zero-order valence-corrected chi connectivity index (χ0v) is 15.5. The van der Waals surface area contributed by atoms with Gasteiger partial charge in [0.05, 0.1) is 11.9 Å². The monoisotopic (exact) mass is 357 g/mol. The fraction of sp³-hybridized carbons (Fsp3) is 0.474. The number of thiophene rings is 1. The highest BCUT2D eigenvalue weighted by molar-refractivity contribution is 7.18. The highest BCUT2D eigenvalue weighted by Crippen LogP contribution is 2.34. The van der Waals surface area contributed by atoms with E-state index in [-0.39, 0.29) is 5.56 Å². The van der Waals surface area contributed by atoms with Gasteiger partial charge in [0.25, 0.3) is 5.56 Å². The fourth-order valence-electron chi connectivity index (χ4n) is 3.55. The third-order valence-electron chi connectivity index (χ3n) is 4.74. The highest BCUT2D eigenvalue weighted by atomic mass is 32.1. The molecule has 0 atom stereocenters. The number of rotatable bonds is 5. The van der Waals surface area contributed by atoms with Gasteiger partial charge in [0, 0.05) is 11.4 Å². The predicted molar refractivity (Wildman–Crippen MR) is 102 cm³/mol. The molecule has 0 amide bonds. The summed E-state index contributed by atoms with van der Waals surface area (Å²) in [5, 5.41) is 4.16. The lowest BCUT2D eigenvalue weighted by atomic mass is 9.97. The lowest BCUT2D eigenvalue weighted by Gasteiger charge is -2.14. The van der Waals surface area contributed by atoms with Crippen LogP contribution in [0.3, 0.4) is 0 Å². The van der Waals surface area contributed by atoms with Gasteiger partial charge in [-0.3, -0.25) is 9.36 Å². The molecule has 1 aliphatic carbocycles. The molecule has 0 fully saturated rings. The molecule has 0 aliphatic heterocycles. The summed E-state index contributed by atoms with van der Waals surface area (Å²) in [4.78, 5) is 20.2. The zero-order chi connectivity index (χ0) is 17.4. The number of hydrogen-bond acceptors (Lipinski definition) is 5. The van der Waals surface area contributed by atoms with Crippen LogP contribution >= 0.6 is 11.3 Å². The minimum atomic E-state index is 0.101. The molecule has 3 heterocycles. The van der Waals surface area contributed by atoms with Gasteiger partial charge in [0.2, 0.25) is 5.95 Å². The van der Waals surface area contributed by atoms with Crippen LogP contribution in [0.2, 0.25) is 0 Å². The van der Waals surface area contributed by atoms with Crippen molar-refractivity contribution in [2.45, 2.75) is 59.0 Å². The molecular formula is C19H23N3O2S. The summed E-state index contributed by atoms with van der Waals surface area (Å²) in [6, 6.07) is 3.90. The van der Waals surface area contributed by atoms with E-state index >= 15 is 0 Å². The van der Waals surface area contributed by atoms with Crippen LogP contribution in [0, 0.1) is 6.92 Å². The molecule has 25 heavy (non-hydrogen) atoms. The van der Waals surface area contributed by atoms with E-state index in [9.17, 15) is 4.79 Å². The second kappa shape index (κ2) is 6.67. The van der Waals surface area contributed by atoms with E-state index in [1.165, 1.54) is 23.3 Å². The average molecular weight is 357 g/mol. The van der Waals surface area contributed by atoms with Crippen LogP contribution in [0.5, 0.6) is 0 Å². The van der Waals surface area contributed by atoms with Crippen LogP contribution in [0.4, 0.5) is 5.95 Å². The third kappa shape index (κ3) is 2.99. The minimum absolute atomic E-state index is 0.101. The Morgan fingerprint density at radius 3 is 2.92 bits per heavy atom. The van der Waals surface area contributed by atoms with Crippen LogP contribution < -0.4 is 10.9 Å². The standard InChI is InChI=1S/C19H23N3O2S/c1-3-10-22-18(23)16-14-6-4-5-7-15(14)25-17(16)21-19(22)20-11-13-9-8-12(2)24-13/h8-9H,3-7,10-11H2,1-2H3,(H,20,21). The van der Waals surface area contributed by atoms with Crippen molar-refractivity contribution < 1.29 is 4.42 Å². The van der Waals surface area contributed by atoms with E-state index in [2.05, 4.69) is 12.2 Å². The molecule has 0 saturated carbocycles. The van der Waals surface area contributed by atoms with E-state index in [1.807, 2.05) is 19.1 Å². The highest BCUT2D eigenvalue weighted by Gasteiger charge is 2.21. The summed E-state index contributed by atoms with van der Waals surface area (Å²) in [5.41, 5.74) is 1.35. The molecule has 1 aliphatic rings. The largest absolute Gasteiger partial charge is 0.465 e. The van der Waals surface area contributed by atoms with E-state index < -0.39 is 0 Å². The first-order valence-electron chi connectivity index (χ1n) is 9.01. The molecule has 6 heteroatoms. The van der Waals surface area contributed by atoms with Crippen LogP contribution in [0.25, 0.3) is 10.2 Å². The van der Waals surface area contributed by atoms with Crippen LogP contribution in [-0.4, -0.2) is 9.55 Å². The van der Waals surface area contributed by atoms with Crippen molar-refractivity contribution in [3.8, 4) is 0 Å². The number of nitrogens with one attached hydrogen (secondary N) is 1. The lowest BCUT2D eigenvalue weighted by Crippen LogP contribution is -2.25. The van der Waals surface area contributed by atoms with E-state index in [1.54, 1.807) is 15.9 Å². The Morgan fingerprint density at radius 2 is 2.16 bits per heavy atom. The first kappa shape index (κ1) is 16.4. The number of aromatic nitrogens is 2. The summed E-state index contributed by atoms with van der Waals surface area (Å²) in [7, 11) is 0. The van der Waals surface area contributed by atoms with Gasteiger partial charge in [-0.2, -0.15) is 0 Å². The maximum absolute atomic E-state index is 13.2. The molecule has 0 radical (unpaired) electrons. The molecule has 3 aromatic rings. The Morgan fingerprint density at radius 1 is 1.32 bits per heavy atom. The normalized spacial score (nSPS) is 14.0. The van der Waals surface area contributed by atoms with Crippen molar-refractivity contribution in [2.75, 3.05) is 5.32 Å². The summed E-state index contributed by atoms with van der Waals surface area (Å²) >= 11 is 1.69. The molecule has 0 unspecified atom stereocenters. The van der Waals surface area contributed by atoms with Crippen LogP contribution in [-0.2, 0) is 25.9 Å². The Balaban J connectivity index is 1.77. The van der Waals surface area contributed by atoms with Gasteiger partial charge in [-0.25, -0.2) is 4.98 Å². The van der Waals surface area contributed by atoms with E-state index in [0.717, 1.165) is 41.0 Å². The van der Waals surface area contributed by atoms with Gasteiger partial charge < -0.3 is 9.73 Å². The predicted octanol–water partition coefficient (Wildman–Crippen LogP) is 4.26. The average Bonchev–Trinajstić information content (AvgIpc) is 3.19. The van der Waals surface area contributed by atoms with Gasteiger partial charge >= 0.3 is 0 Å².